The number of hydrogen-bond acceptors (Lipinski definition) is 4. The van der Waals surface area contributed by atoms with Gasteiger partial charge in [0.15, 0.2) is 0 Å². The second kappa shape index (κ2) is 9.68. The molecular weight excluding hydrogens is 502 g/mol. The predicted octanol–water partition coefficient (Wildman–Crippen LogP) is 3.97. The van der Waals surface area contributed by atoms with E-state index in [2.05, 4.69) is 36.6 Å². The van der Waals surface area contributed by atoms with Crippen molar-refractivity contribution in [1.82, 2.24) is 0 Å². The fourth-order valence-electron chi connectivity index (χ4n) is 2.51. The van der Waals surface area contributed by atoms with E-state index in [4.69, 9.17) is 9.84 Å². The highest BCUT2D eigenvalue weighted by atomic mass is 79.9. The molecule has 146 valence electrons. The molecule has 0 amide bonds. The molecule has 2 aromatic carbocycles. The zero-order valence-electron chi connectivity index (χ0n) is 14.5. The Balaban J connectivity index is 2.05. The second-order valence-corrected chi connectivity index (χ2v) is 9.46. The zero-order chi connectivity index (χ0) is 20.0. The number of benzene rings is 2. The average Bonchev–Trinajstić information content (AvgIpc) is 2.52. The van der Waals surface area contributed by atoms with Gasteiger partial charge >= 0.3 is 5.97 Å². The lowest BCUT2D eigenvalue weighted by atomic mass is 10.0. The van der Waals surface area contributed by atoms with Crippen molar-refractivity contribution in [2.75, 3.05) is 17.6 Å². The summed E-state index contributed by atoms with van der Waals surface area (Å²) in [6.07, 6.45) is 2.58. The molecule has 0 fully saturated rings. The van der Waals surface area contributed by atoms with E-state index >= 15 is 0 Å². The first-order valence-electron chi connectivity index (χ1n) is 7.97. The van der Waals surface area contributed by atoms with Gasteiger partial charge in [0.2, 0.25) is 10.0 Å². The van der Waals surface area contributed by atoms with Gasteiger partial charge in [0, 0.05) is 14.6 Å². The molecule has 2 N–H and O–H groups in total. The van der Waals surface area contributed by atoms with E-state index in [1.807, 2.05) is 30.3 Å². The van der Waals surface area contributed by atoms with Crippen LogP contribution in [-0.4, -0.2) is 32.4 Å². The van der Waals surface area contributed by atoms with Gasteiger partial charge in [-0.25, -0.2) is 13.2 Å². The molecule has 0 aliphatic heterocycles. The summed E-state index contributed by atoms with van der Waals surface area (Å²) in [5.41, 5.74) is 3.48. The van der Waals surface area contributed by atoms with Crippen molar-refractivity contribution in [3.8, 4) is 0 Å². The monoisotopic (exact) mass is 519 g/mol. The summed E-state index contributed by atoms with van der Waals surface area (Å²) >= 11 is 7.11. The van der Waals surface area contributed by atoms with Crippen molar-refractivity contribution < 1.29 is 23.1 Å². The van der Waals surface area contributed by atoms with Crippen molar-refractivity contribution in [3.05, 3.63) is 62.0 Å². The summed E-state index contributed by atoms with van der Waals surface area (Å²) in [7, 11) is -3.31. The second-order valence-electron chi connectivity index (χ2n) is 6.00. The van der Waals surface area contributed by atoms with Gasteiger partial charge in [0.25, 0.3) is 0 Å². The maximum atomic E-state index is 11.4. The number of carbonyl (C=O) groups is 1. The van der Waals surface area contributed by atoms with Crippen molar-refractivity contribution in [2.45, 2.75) is 19.4 Å². The number of hydrogen-bond donors (Lipinski definition) is 2. The summed E-state index contributed by atoms with van der Waals surface area (Å²) in [5, 5.41) is 8.62. The van der Waals surface area contributed by atoms with Crippen LogP contribution in [0.3, 0.4) is 0 Å². The van der Waals surface area contributed by atoms with E-state index in [1.54, 1.807) is 6.07 Å². The van der Waals surface area contributed by atoms with Gasteiger partial charge in [0.05, 0.1) is 12.9 Å². The number of nitrogens with one attached hydrogen (secondary N) is 1. The van der Waals surface area contributed by atoms with Crippen molar-refractivity contribution in [3.63, 3.8) is 0 Å². The number of anilines is 1. The van der Waals surface area contributed by atoms with Crippen LogP contribution >= 0.6 is 31.9 Å². The molecule has 6 nitrogen and oxygen atoms in total. The number of rotatable bonds is 9. The molecule has 0 aliphatic rings. The van der Waals surface area contributed by atoms with Crippen LogP contribution in [0.25, 0.3) is 0 Å². The van der Waals surface area contributed by atoms with Crippen LogP contribution in [0.4, 0.5) is 5.69 Å². The minimum absolute atomic E-state index is 0.211. The van der Waals surface area contributed by atoms with E-state index in [9.17, 15) is 13.2 Å². The van der Waals surface area contributed by atoms with E-state index in [1.165, 1.54) is 0 Å². The average molecular weight is 521 g/mol. The molecule has 27 heavy (non-hydrogen) atoms. The molecule has 0 radical (unpaired) electrons. The standard InChI is InChI=1S/C18H19Br2NO5S/c1-27(24,25)21-14-4-2-3-12(7-14)5-6-15-16(19)8-13(9-17(15)20)10-26-11-18(22)23/h2-4,7-9,21H,5-6,10-11H2,1H3,(H,22,23). The molecule has 0 unspecified atom stereocenters. The molecule has 2 aromatic rings. The highest BCUT2D eigenvalue weighted by Gasteiger charge is 2.10. The number of aliphatic carboxylic acids is 1. The number of halogens is 2. The van der Waals surface area contributed by atoms with Gasteiger partial charge in [-0.3, -0.25) is 4.72 Å². The fourth-order valence-corrected chi connectivity index (χ4v) is 4.74. The van der Waals surface area contributed by atoms with Gasteiger partial charge in [0.1, 0.15) is 6.61 Å². The lowest BCUT2D eigenvalue weighted by molar-refractivity contribution is -0.142. The third-order valence-corrected chi connectivity index (χ3v) is 5.61. The van der Waals surface area contributed by atoms with Crippen LogP contribution in [0.2, 0.25) is 0 Å². The topological polar surface area (TPSA) is 92.7 Å². The Morgan fingerprint density at radius 1 is 1.11 bits per heavy atom. The largest absolute Gasteiger partial charge is 0.480 e. The van der Waals surface area contributed by atoms with E-state index in [-0.39, 0.29) is 13.2 Å². The molecule has 0 heterocycles. The minimum atomic E-state index is -3.31. The number of ether oxygens (including phenoxy) is 1. The van der Waals surface area contributed by atoms with Gasteiger partial charge < -0.3 is 9.84 Å². The molecule has 0 saturated carbocycles. The third-order valence-electron chi connectivity index (χ3n) is 3.59. The molecule has 0 aliphatic carbocycles. The molecule has 0 atom stereocenters. The lowest BCUT2D eigenvalue weighted by Crippen LogP contribution is -2.09. The number of carboxylic acid groups (broad SMARTS) is 1. The quantitative estimate of drug-likeness (QED) is 0.522. The normalized spacial score (nSPS) is 11.4. The molecule has 9 heteroatoms. The maximum absolute atomic E-state index is 11.4. The van der Waals surface area contributed by atoms with Crippen LogP contribution in [0.15, 0.2) is 45.3 Å². The Labute approximate surface area is 175 Å². The fraction of sp³-hybridized carbons (Fsp3) is 0.278. The Kier molecular flexibility index (Phi) is 7.84. The van der Waals surface area contributed by atoms with Gasteiger partial charge in [-0.1, -0.05) is 44.0 Å². The van der Waals surface area contributed by atoms with Crippen LogP contribution < -0.4 is 4.72 Å². The number of carboxylic acids is 1. The minimum Gasteiger partial charge on any atom is -0.480 e. The summed E-state index contributed by atoms with van der Waals surface area (Å²) in [6.45, 7) is -0.127. The molecule has 2 rings (SSSR count). The van der Waals surface area contributed by atoms with E-state index < -0.39 is 16.0 Å². The van der Waals surface area contributed by atoms with E-state index in [0.29, 0.717) is 5.69 Å². The Morgan fingerprint density at radius 3 is 2.37 bits per heavy atom. The molecular formula is C18H19Br2NO5S. The zero-order valence-corrected chi connectivity index (χ0v) is 18.5. The van der Waals surface area contributed by atoms with Gasteiger partial charge in [-0.2, -0.15) is 0 Å². The highest BCUT2D eigenvalue weighted by molar-refractivity contribution is 9.11. The molecule has 0 bridgehead atoms. The number of sulfonamides is 1. The van der Waals surface area contributed by atoms with Crippen molar-refractivity contribution >= 4 is 53.5 Å². The first kappa shape index (κ1) is 21.9. The molecule has 0 aromatic heterocycles. The Morgan fingerprint density at radius 2 is 1.78 bits per heavy atom. The van der Waals surface area contributed by atoms with E-state index in [0.717, 1.165) is 44.7 Å². The molecule has 0 spiro atoms. The summed E-state index contributed by atoms with van der Waals surface area (Å²) in [4.78, 5) is 10.5. The Hall–Kier alpha value is -1.42. The third kappa shape index (κ3) is 7.61. The van der Waals surface area contributed by atoms with Crippen molar-refractivity contribution in [2.24, 2.45) is 0 Å². The summed E-state index contributed by atoms with van der Waals surface area (Å²) in [5.74, 6) is -1.00. The van der Waals surface area contributed by atoms with Gasteiger partial charge in [-0.15, -0.1) is 0 Å². The van der Waals surface area contributed by atoms with Gasteiger partial charge in [-0.05, 0) is 53.8 Å². The Bertz CT molecular complexity index is 908. The maximum Gasteiger partial charge on any atom is 0.329 e. The lowest BCUT2D eigenvalue weighted by Gasteiger charge is -2.12. The highest BCUT2D eigenvalue weighted by Crippen LogP contribution is 2.29. The predicted molar refractivity (Wildman–Crippen MR) is 111 cm³/mol. The summed E-state index contributed by atoms with van der Waals surface area (Å²) < 4.78 is 32.1. The van der Waals surface area contributed by atoms with Crippen LogP contribution in [0.1, 0.15) is 16.7 Å². The molecule has 0 saturated heterocycles. The van der Waals surface area contributed by atoms with Crippen LogP contribution in [0.5, 0.6) is 0 Å². The number of aryl methyl sites for hydroxylation is 1. The SMILES string of the molecule is CS(=O)(=O)Nc1cccc(CCc2c(Br)cc(COCC(=O)O)cc2Br)c1. The first-order chi connectivity index (χ1) is 12.6. The summed E-state index contributed by atoms with van der Waals surface area (Å²) in [6, 6.07) is 11.1. The first-order valence-corrected chi connectivity index (χ1v) is 11.4. The van der Waals surface area contributed by atoms with Crippen molar-refractivity contribution in [1.29, 1.82) is 0 Å². The smallest absolute Gasteiger partial charge is 0.329 e. The van der Waals surface area contributed by atoms with Crippen LogP contribution in [-0.2, 0) is 39.0 Å². The van der Waals surface area contributed by atoms with Crippen LogP contribution in [0, 0.1) is 0 Å².